The van der Waals surface area contributed by atoms with E-state index in [0.29, 0.717) is 46.7 Å². The van der Waals surface area contributed by atoms with E-state index in [9.17, 15) is 4.79 Å². The van der Waals surface area contributed by atoms with Crippen LogP contribution in [0.15, 0.2) is 23.2 Å². The van der Waals surface area contributed by atoms with E-state index in [4.69, 9.17) is 15.6 Å². The van der Waals surface area contributed by atoms with Crippen LogP contribution in [0.1, 0.15) is 62.4 Å². The summed E-state index contributed by atoms with van der Waals surface area (Å²) in [7, 11) is 0. The Hall–Kier alpha value is -3.07. The van der Waals surface area contributed by atoms with E-state index in [1.165, 1.54) is 6.07 Å². The number of hydrogen-bond acceptors (Lipinski definition) is 7. The van der Waals surface area contributed by atoms with Gasteiger partial charge in [0.2, 0.25) is 11.8 Å². The van der Waals surface area contributed by atoms with Gasteiger partial charge in [-0.1, -0.05) is 12.1 Å². The van der Waals surface area contributed by atoms with E-state index in [-0.39, 0.29) is 23.5 Å². The van der Waals surface area contributed by atoms with Crippen molar-refractivity contribution in [3.8, 4) is 5.88 Å². The molecule has 2 heterocycles. The third-order valence-corrected chi connectivity index (χ3v) is 6.43. The number of aliphatic imine (C=N–C) groups is 1. The van der Waals surface area contributed by atoms with Crippen molar-refractivity contribution < 1.29 is 19.0 Å². The molecule has 0 unspecified atom stereocenters. The van der Waals surface area contributed by atoms with Crippen LogP contribution in [0.2, 0.25) is 0 Å². The fourth-order valence-electron chi connectivity index (χ4n) is 4.68. The highest BCUT2D eigenvalue weighted by atomic mass is 19.1. The lowest BCUT2D eigenvalue weighted by Crippen LogP contribution is -2.41. The number of nitrogen functional groups attached to an aromatic ring is 1. The number of benzene rings is 1. The minimum atomic E-state index is -0.814. The predicted molar refractivity (Wildman–Crippen MR) is 123 cm³/mol. The number of carbonyl (C=O) groups excluding carboxylic acids is 1. The zero-order valence-corrected chi connectivity index (χ0v) is 19.2. The Morgan fingerprint density at radius 3 is 2.67 bits per heavy atom. The summed E-state index contributed by atoms with van der Waals surface area (Å²) in [4.78, 5) is 24.4. The summed E-state index contributed by atoms with van der Waals surface area (Å²) >= 11 is 0. The van der Waals surface area contributed by atoms with Gasteiger partial charge in [0.25, 0.3) is 0 Å². The Kier molecular flexibility index (Phi) is 6.34. The summed E-state index contributed by atoms with van der Waals surface area (Å²) in [5.41, 5.74) is 7.49. The first-order valence-electron chi connectivity index (χ1n) is 11.3. The third kappa shape index (κ3) is 4.83. The van der Waals surface area contributed by atoms with Crippen LogP contribution in [-0.4, -0.2) is 45.4 Å². The Morgan fingerprint density at radius 1 is 1.27 bits per heavy atom. The van der Waals surface area contributed by atoms with E-state index in [2.05, 4.69) is 20.3 Å². The summed E-state index contributed by atoms with van der Waals surface area (Å²) in [5, 5.41) is 11.6. The van der Waals surface area contributed by atoms with Crippen LogP contribution in [-0.2, 0) is 4.79 Å². The summed E-state index contributed by atoms with van der Waals surface area (Å²) in [6.45, 7) is 5.52. The molecule has 2 aliphatic rings. The van der Waals surface area contributed by atoms with Gasteiger partial charge in [0, 0.05) is 12.1 Å². The molecule has 4 N–H and O–H groups in total. The van der Waals surface area contributed by atoms with Crippen LogP contribution < -0.4 is 15.8 Å². The number of aliphatic hydroxyl groups is 1. The van der Waals surface area contributed by atoms with Gasteiger partial charge in [0.05, 0.1) is 5.71 Å². The average Bonchev–Trinajstić information content (AvgIpc) is 2.76. The van der Waals surface area contributed by atoms with Crippen molar-refractivity contribution in [3.63, 3.8) is 0 Å². The number of nitrogens with one attached hydrogen (secondary N) is 1. The highest BCUT2D eigenvalue weighted by Gasteiger charge is 2.36. The fourth-order valence-corrected chi connectivity index (χ4v) is 4.68. The van der Waals surface area contributed by atoms with Crippen LogP contribution in [0.4, 0.5) is 15.9 Å². The van der Waals surface area contributed by atoms with Gasteiger partial charge in [-0.05, 0) is 69.9 Å². The van der Waals surface area contributed by atoms with Crippen molar-refractivity contribution in [2.75, 3.05) is 18.9 Å². The maximum atomic E-state index is 15.2. The third-order valence-electron chi connectivity index (χ3n) is 6.43. The van der Waals surface area contributed by atoms with Gasteiger partial charge < -0.3 is 20.9 Å². The topological polar surface area (TPSA) is 123 Å². The largest absolute Gasteiger partial charge is 0.463 e. The Morgan fingerprint density at radius 2 is 2.00 bits per heavy atom. The van der Waals surface area contributed by atoms with Crippen LogP contribution in [0.3, 0.4) is 0 Å². The maximum absolute atomic E-state index is 15.2. The lowest BCUT2D eigenvalue weighted by atomic mass is 9.78. The van der Waals surface area contributed by atoms with E-state index in [1.54, 1.807) is 6.92 Å². The second kappa shape index (κ2) is 9.05. The molecule has 9 heteroatoms. The van der Waals surface area contributed by atoms with Crippen LogP contribution in [0.25, 0.3) is 0 Å². The smallest absolute Gasteiger partial charge is 0.246 e. The van der Waals surface area contributed by atoms with Crippen molar-refractivity contribution in [2.45, 2.75) is 58.0 Å². The van der Waals surface area contributed by atoms with Crippen molar-refractivity contribution in [1.29, 1.82) is 0 Å². The number of fused-ring (bicyclic) bond motifs is 1. The molecule has 176 valence electrons. The number of nitrogens with two attached hydrogens (primary N) is 1. The summed E-state index contributed by atoms with van der Waals surface area (Å²) in [6.07, 6.45) is 3.51. The first kappa shape index (κ1) is 23.1. The normalized spacial score (nSPS) is 21.5. The van der Waals surface area contributed by atoms with Crippen molar-refractivity contribution >= 4 is 23.1 Å². The van der Waals surface area contributed by atoms with Gasteiger partial charge >= 0.3 is 0 Å². The lowest BCUT2D eigenvalue weighted by Gasteiger charge is -2.33. The number of anilines is 1. The number of halogens is 1. The first-order chi connectivity index (χ1) is 15.7. The highest BCUT2D eigenvalue weighted by molar-refractivity contribution is 6.09. The average molecular weight is 456 g/mol. The molecule has 0 atom stereocenters. The molecule has 33 heavy (non-hydrogen) atoms. The highest BCUT2D eigenvalue weighted by Crippen LogP contribution is 2.41. The maximum Gasteiger partial charge on any atom is 0.246 e. The molecule has 1 fully saturated rings. The number of nitrogens with zero attached hydrogens (tertiary/aromatic N) is 3. The van der Waals surface area contributed by atoms with E-state index in [1.807, 2.05) is 26.0 Å². The molecule has 1 aliphatic carbocycles. The fraction of sp³-hybridized carbons (Fsp3) is 0.500. The van der Waals surface area contributed by atoms with E-state index >= 15 is 4.39 Å². The van der Waals surface area contributed by atoms with Crippen molar-refractivity contribution in [3.05, 3.63) is 41.0 Å². The van der Waals surface area contributed by atoms with Crippen molar-refractivity contribution in [2.24, 2.45) is 10.9 Å². The predicted octanol–water partition coefficient (Wildman–Crippen LogP) is 3.18. The summed E-state index contributed by atoms with van der Waals surface area (Å²) in [6, 6.07) is 5.24. The molecular weight excluding hydrogens is 425 g/mol. The Bertz CT molecular complexity index is 1090. The molecule has 1 saturated carbocycles. The van der Waals surface area contributed by atoms with Gasteiger partial charge in [-0.15, -0.1) is 0 Å². The molecule has 1 aromatic carbocycles. The monoisotopic (exact) mass is 455 g/mol. The molecular formula is C24H30FN5O3. The number of aryl methyl sites for hydroxylation is 1. The number of hydrogen-bond donors (Lipinski definition) is 3. The van der Waals surface area contributed by atoms with Crippen molar-refractivity contribution in [1.82, 2.24) is 15.3 Å². The second-order valence-electron chi connectivity index (χ2n) is 9.30. The molecule has 1 aromatic heterocycles. The SMILES string of the molecule is Cc1nc(N)c2c(n1)OC(C)(C)C(c1ccc([C@H]3CC[C@H](CNC(=O)CO)CC3)c(F)c1)=N2. The van der Waals surface area contributed by atoms with Gasteiger partial charge in [-0.2, -0.15) is 4.98 Å². The van der Waals surface area contributed by atoms with E-state index < -0.39 is 12.2 Å². The number of carbonyl (C=O) groups is 1. The van der Waals surface area contributed by atoms with Crippen LogP contribution >= 0.6 is 0 Å². The molecule has 0 spiro atoms. The quantitative estimate of drug-likeness (QED) is 0.636. The van der Waals surface area contributed by atoms with Crippen LogP contribution in [0, 0.1) is 18.7 Å². The standard InChI is InChI=1S/C24H30FN5O3/c1-13-28-22(26)20-23(29-13)33-24(2,3)21(30-20)16-8-9-17(18(25)10-16)15-6-4-14(5-7-15)11-27-19(32)12-31/h8-10,14-15,31H,4-7,11-12H2,1-3H3,(H,27,32)(H2,26,28,29)/t14-,15-. The molecule has 0 bridgehead atoms. The van der Waals surface area contributed by atoms with Gasteiger partial charge in [0.15, 0.2) is 11.5 Å². The Balaban J connectivity index is 1.52. The minimum Gasteiger partial charge on any atom is -0.463 e. The number of aromatic nitrogens is 2. The zero-order valence-electron chi connectivity index (χ0n) is 19.2. The molecule has 0 saturated heterocycles. The lowest BCUT2D eigenvalue weighted by molar-refractivity contribution is -0.124. The minimum absolute atomic E-state index is 0.133. The molecule has 8 nitrogen and oxygen atoms in total. The molecule has 1 aliphatic heterocycles. The number of rotatable bonds is 5. The number of ether oxygens (including phenoxy) is 1. The summed E-state index contributed by atoms with van der Waals surface area (Å²) in [5.74, 6) is 0.928. The van der Waals surface area contributed by atoms with Gasteiger partial charge in [-0.25, -0.2) is 14.4 Å². The Labute approximate surface area is 192 Å². The molecule has 2 aromatic rings. The molecule has 0 radical (unpaired) electrons. The summed E-state index contributed by atoms with van der Waals surface area (Å²) < 4.78 is 21.3. The first-order valence-corrected chi connectivity index (χ1v) is 11.3. The van der Waals surface area contributed by atoms with Gasteiger partial charge in [-0.3, -0.25) is 4.79 Å². The van der Waals surface area contributed by atoms with E-state index in [0.717, 1.165) is 25.7 Å². The number of amides is 1. The molecule has 4 rings (SSSR count). The molecule has 1 amide bonds. The number of aliphatic hydroxyl groups excluding tert-OH is 1. The van der Waals surface area contributed by atoms with Gasteiger partial charge in [0.1, 0.15) is 23.8 Å². The second-order valence-corrected chi connectivity index (χ2v) is 9.30. The zero-order chi connectivity index (χ0) is 23.8. The van der Waals surface area contributed by atoms with Crippen LogP contribution in [0.5, 0.6) is 5.88 Å².